The third-order valence-electron chi connectivity index (χ3n) is 4.06. The molecule has 4 aromatic rings. The molecule has 2 heterocycles. The Kier molecular flexibility index (Phi) is 4.25. The number of aromatic nitrogens is 3. The highest BCUT2D eigenvalue weighted by atomic mass is 19.1. The molecule has 27 heavy (non-hydrogen) atoms. The Morgan fingerprint density at radius 3 is 2.59 bits per heavy atom. The lowest BCUT2D eigenvalue weighted by Crippen LogP contribution is -2.23. The van der Waals surface area contributed by atoms with Crippen molar-refractivity contribution in [2.75, 3.05) is 12.4 Å². The van der Waals surface area contributed by atoms with Crippen LogP contribution < -0.4 is 15.6 Å². The third-order valence-corrected chi connectivity index (χ3v) is 4.06. The van der Waals surface area contributed by atoms with Gasteiger partial charge in [0.05, 0.1) is 29.9 Å². The smallest absolute Gasteiger partial charge is 0.267 e. The van der Waals surface area contributed by atoms with E-state index in [9.17, 15) is 9.18 Å². The van der Waals surface area contributed by atoms with Crippen molar-refractivity contribution < 1.29 is 9.13 Å². The van der Waals surface area contributed by atoms with Gasteiger partial charge in [-0.15, -0.1) is 0 Å². The molecule has 0 spiro atoms. The van der Waals surface area contributed by atoms with Crippen molar-refractivity contribution in [3.63, 3.8) is 0 Å². The summed E-state index contributed by atoms with van der Waals surface area (Å²) in [5.41, 5.74) is 0.628. The molecule has 0 aliphatic carbocycles. The van der Waals surface area contributed by atoms with Crippen molar-refractivity contribution in [3.05, 3.63) is 83.0 Å². The van der Waals surface area contributed by atoms with Gasteiger partial charge in [-0.2, -0.15) is 0 Å². The molecular weight excluding hydrogens is 347 g/mol. The van der Waals surface area contributed by atoms with Crippen LogP contribution in [0, 0.1) is 5.82 Å². The zero-order valence-electron chi connectivity index (χ0n) is 14.4. The number of benzene rings is 2. The molecular formula is C20H15FN4O2. The standard InChI is InChI=1S/C20H15FN4O2/c1-27-15-8-10-18(22-12-15)24-20-23-17-9-7-13(21)11-16(17)19(26)25(20)14-5-3-2-4-6-14/h2-12H,1H3,(H,22,23,24). The van der Waals surface area contributed by atoms with Crippen LogP contribution in [0.15, 0.2) is 71.7 Å². The quantitative estimate of drug-likeness (QED) is 0.600. The van der Waals surface area contributed by atoms with Crippen LogP contribution in [0.4, 0.5) is 16.2 Å². The lowest BCUT2D eigenvalue weighted by Gasteiger charge is -2.14. The van der Waals surface area contributed by atoms with Crippen molar-refractivity contribution >= 4 is 22.7 Å². The van der Waals surface area contributed by atoms with Crippen molar-refractivity contribution in [1.29, 1.82) is 0 Å². The van der Waals surface area contributed by atoms with E-state index in [4.69, 9.17) is 4.74 Å². The summed E-state index contributed by atoms with van der Waals surface area (Å²) in [5, 5.41) is 3.26. The van der Waals surface area contributed by atoms with Gasteiger partial charge in [0.15, 0.2) is 0 Å². The Labute approximate surface area is 153 Å². The van der Waals surface area contributed by atoms with Gasteiger partial charge in [-0.1, -0.05) is 18.2 Å². The minimum absolute atomic E-state index is 0.201. The zero-order valence-corrected chi connectivity index (χ0v) is 14.4. The number of methoxy groups -OCH3 is 1. The fourth-order valence-corrected chi connectivity index (χ4v) is 2.75. The molecule has 1 N–H and O–H groups in total. The number of halogens is 1. The summed E-state index contributed by atoms with van der Waals surface area (Å²) in [7, 11) is 1.56. The highest BCUT2D eigenvalue weighted by Crippen LogP contribution is 2.20. The van der Waals surface area contributed by atoms with E-state index < -0.39 is 5.82 Å². The van der Waals surface area contributed by atoms with Gasteiger partial charge in [0.25, 0.3) is 5.56 Å². The molecule has 0 unspecified atom stereocenters. The number of pyridine rings is 1. The highest BCUT2D eigenvalue weighted by molar-refractivity contribution is 5.80. The van der Waals surface area contributed by atoms with Gasteiger partial charge in [-0.3, -0.25) is 4.79 Å². The van der Waals surface area contributed by atoms with Crippen LogP contribution in [0.2, 0.25) is 0 Å². The maximum atomic E-state index is 13.7. The van der Waals surface area contributed by atoms with E-state index in [0.29, 0.717) is 22.8 Å². The number of rotatable bonds is 4. The Balaban J connectivity index is 1.91. The minimum atomic E-state index is -0.487. The van der Waals surface area contributed by atoms with Gasteiger partial charge in [-0.25, -0.2) is 18.9 Å². The summed E-state index contributed by atoms with van der Waals surface area (Å²) in [5.74, 6) is 0.901. The maximum Gasteiger partial charge on any atom is 0.267 e. The van der Waals surface area contributed by atoms with E-state index in [0.717, 1.165) is 0 Å². The Bertz CT molecular complexity index is 1160. The number of nitrogens with one attached hydrogen (secondary N) is 1. The van der Waals surface area contributed by atoms with E-state index in [2.05, 4.69) is 15.3 Å². The first-order valence-corrected chi connectivity index (χ1v) is 8.20. The molecule has 134 valence electrons. The average Bonchev–Trinajstić information content (AvgIpc) is 2.70. The molecule has 6 nitrogen and oxygen atoms in total. The largest absolute Gasteiger partial charge is 0.495 e. The minimum Gasteiger partial charge on any atom is -0.495 e. The molecule has 2 aromatic carbocycles. The first kappa shape index (κ1) is 16.7. The van der Waals surface area contributed by atoms with Crippen molar-refractivity contribution in [1.82, 2.24) is 14.5 Å². The number of hydrogen-bond acceptors (Lipinski definition) is 5. The summed E-state index contributed by atoms with van der Waals surface area (Å²) < 4.78 is 20.2. The molecule has 0 atom stereocenters. The fraction of sp³-hybridized carbons (Fsp3) is 0.0500. The molecule has 0 aliphatic heterocycles. The summed E-state index contributed by atoms with van der Waals surface area (Å²) in [6, 6.07) is 16.4. The molecule has 0 radical (unpaired) electrons. The predicted molar refractivity (Wildman–Crippen MR) is 101 cm³/mol. The zero-order chi connectivity index (χ0) is 18.8. The van der Waals surface area contributed by atoms with Crippen LogP contribution in [-0.4, -0.2) is 21.6 Å². The van der Waals surface area contributed by atoms with Gasteiger partial charge < -0.3 is 10.1 Å². The lowest BCUT2D eigenvalue weighted by molar-refractivity contribution is 0.413. The number of ether oxygens (including phenoxy) is 1. The van der Waals surface area contributed by atoms with E-state index in [1.165, 1.54) is 22.8 Å². The Morgan fingerprint density at radius 2 is 1.89 bits per heavy atom. The average molecular weight is 362 g/mol. The number of anilines is 2. The van der Waals surface area contributed by atoms with E-state index in [1.54, 1.807) is 37.6 Å². The molecule has 0 saturated heterocycles. The second kappa shape index (κ2) is 6.87. The second-order valence-electron chi connectivity index (χ2n) is 5.78. The van der Waals surface area contributed by atoms with Gasteiger partial charge in [-0.05, 0) is 42.5 Å². The number of hydrogen-bond donors (Lipinski definition) is 1. The van der Waals surface area contributed by atoms with Crippen LogP contribution >= 0.6 is 0 Å². The van der Waals surface area contributed by atoms with Crippen molar-refractivity contribution in [3.8, 4) is 11.4 Å². The molecule has 0 bridgehead atoms. The number of fused-ring (bicyclic) bond motifs is 1. The monoisotopic (exact) mass is 362 g/mol. The van der Waals surface area contributed by atoms with Gasteiger partial charge >= 0.3 is 0 Å². The summed E-state index contributed by atoms with van der Waals surface area (Å²) in [6.07, 6.45) is 1.56. The summed E-state index contributed by atoms with van der Waals surface area (Å²) in [6.45, 7) is 0. The Morgan fingerprint density at radius 1 is 1.07 bits per heavy atom. The third kappa shape index (κ3) is 3.22. The van der Waals surface area contributed by atoms with Gasteiger partial charge in [0.2, 0.25) is 5.95 Å². The maximum absolute atomic E-state index is 13.7. The lowest BCUT2D eigenvalue weighted by atomic mass is 10.2. The van der Waals surface area contributed by atoms with E-state index in [1.807, 2.05) is 18.2 Å². The summed E-state index contributed by atoms with van der Waals surface area (Å²) in [4.78, 5) is 21.8. The normalized spacial score (nSPS) is 10.7. The molecule has 7 heteroatoms. The van der Waals surface area contributed by atoms with Crippen LogP contribution in [0.5, 0.6) is 5.75 Å². The molecule has 4 rings (SSSR count). The fourth-order valence-electron chi connectivity index (χ4n) is 2.75. The molecule has 0 amide bonds. The van der Waals surface area contributed by atoms with Gasteiger partial charge in [0, 0.05) is 0 Å². The van der Waals surface area contributed by atoms with Crippen LogP contribution in [0.3, 0.4) is 0 Å². The van der Waals surface area contributed by atoms with E-state index >= 15 is 0 Å². The van der Waals surface area contributed by atoms with Crippen molar-refractivity contribution in [2.24, 2.45) is 0 Å². The molecule has 0 fully saturated rings. The predicted octanol–water partition coefficient (Wildman–Crippen LogP) is 3.67. The first-order valence-electron chi connectivity index (χ1n) is 8.20. The number of para-hydroxylation sites is 1. The Hall–Kier alpha value is -3.74. The summed E-state index contributed by atoms with van der Waals surface area (Å²) >= 11 is 0. The van der Waals surface area contributed by atoms with E-state index in [-0.39, 0.29) is 16.9 Å². The second-order valence-corrected chi connectivity index (χ2v) is 5.78. The van der Waals surface area contributed by atoms with Crippen LogP contribution in [-0.2, 0) is 0 Å². The number of nitrogens with zero attached hydrogens (tertiary/aromatic N) is 3. The molecule has 0 aliphatic rings. The SMILES string of the molecule is COc1ccc(Nc2nc3ccc(F)cc3c(=O)n2-c2ccccc2)nc1. The first-order chi connectivity index (χ1) is 13.2. The van der Waals surface area contributed by atoms with Crippen molar-refractivity contribution in [2.45, 2.75) is 0 Å². The molecule has 2 aromatic heterocycles. The van der Waals surface area contributed by atoms with Crippen LogP contribution in [0.1, 0.15) is 0 Å². The topological polar surface area (TPSA) is 69.0 Å². The highest BCUT2D eigenvalue weighted by Gasteiger charge is 2.14. The molecule has 0 saturated carbocycles. The van der Waals surface area contributed by atoms with Gasteiger partial charge in [0.1, 0.15) is 17.4 Å². The van der Waals surface area contributed by atoms with Crippen LogP contribution in [0.25, 0.3) is 16.6 Å².